The van der Waals surface area contributed by atoms with E-state index in [-0.39, 0.29) is 0 Å². The maximum Gasteiger partial charge on any atom is 0.152 e. The minimum atomic E-state index is -0.477. The van der Waals surface area contributed by atoms with Crippen molar-refractivity contribution in [2.24, 2.45) is 0 Å². The molecule has 0 aliphatic carbocycles. The van der Waals surface area contributed by atoms with Gasteiger partial charge in [-0.1, -0.05) is 36.4 Å². The fourth-order valence-corrected chi connectivity index (χ4v) is 3.41. The molecule has 0 fully saturated rings. The zero-order valence-corrected chi connectivity index (χ0v) is 15.9. The summed E-state index contributed by atoms with van der Waals surface area (Å²) in [4.78, 5) is 8.92. The maximum atomic E-state index is 9.26. The van der Waals surface area contributed by atoms with E-state index < -0.39 is 5.60 Å². The first-order valence-electron chi connectivity index (χ1n) is 9.09. The molecular weight excluding hydrogens is 350 g/mol. The molecule has 4 aromatic rings. The fourth-order valence-electron chi connectivity index (χ4n) is 3.41. The van der Waals surface area contributed by atoms with Gasteiger partial charge >= 0.3 is 0 Å². The third-order valence-electron chi connectivity index (χ3n) is 4.79. The molecule has 0 saturated carbocycles. The quantitative estimate of drug-likeness (QED) is 0.572. The molecule has 0 aliphatic heterocycles. The molecule has 0 spiro atoms. The predicted octanol–water partition coefficient (Wildman–Crippen LogP) is 4.03. The van der Waals surface area contributed by atoms with Gasteiger partial charge in [0.25, 0.3) is 0 Å². The highest BCUT2D eigenvalue weighted by molar-refractivity contribution is 6.06. The zero-order chi connectivity index (χ0) is 19.7. The first-order chi connectivity index (χ1) is 13.5. The largest absolute Gasteiger partial charge is 0.382 e. The molecule has 140 valence electrons. The summed E-state index contributed by atoms with van der Waals surface area (Å²) in [5, 5.41) is 10.3. The highest BCUT2D eigenvalue weighted by Crippen LogP contribution is 2.28. The molecule has 6 nitrogen and oxygen atoms in total. The molecule has 0 amide bonds. The van der Waals surface area contributed by atoms with E-state index in [2.05, 4.69) is 20.6 Å². The van der Waals surface area contributed by atoms with Crippen LogP contribution in [0.4, 0.5) is 5.82 Å². The fraction of sp³-hybridized carbons (Fsp3) is 0.227. The van der Waals surface area contributed by atoms with Gasteiger partial charge in [-0.25, -0.2) is 9.97 Å². The third-order valence-corrected chi connectivity index (χ3v) is 4.79. The Kier molecular flexibility index (Phi) is 4.46. The summed E-state index contributed by atoms with van der Waals surface area (Å²) < 4.78 is 8.24. The minimum Gasteiger partial charge on any atom is -0.382 e. The standard InChI is InChI=1S/C22H21N5O/c1-22(2,28-12-16-8-4-3-7-15(16)11-23)13-27-14-25-19-20(27)17-9-5-6-10-18(17)26-21(19)24/h3-10,14H,12-13H2,1-2H3,(H2,24,26). The second-order valence-electron chi connectivity index (χ2n) is 7.40. The Balaban J connectivity index is 1.65. The van der Waals surface area contributed by atoms with E-state index in [4.69, 9.17) is 10.5 Å². The van der Waals surface area contributed by atoms with Crippen LogP contribution in [0, 0.1) is 11.3 Å². The van der Waals surface area contributed by atoms with Crippen molar-refractivity contribution < 1.29 is 4.74 Å². The Labute approximate surface area is 163 Å². The summed E-state index contributed by atoms with van der Waals surface area (Å²) in [6, 6.07) is 17.6. The van der Waals surface area contributed by atoms with Crippen LogP contribution < -0.4 is 5.73 Å². The molecule has 6 heteroatoms. The van der Waals surface area contributed by atoms with E-state index in [0.717, 1.165) is 22.0 Å². The van der Waals surface area contributed by atoms with E-state index >= 15 is 0 Å². The van der Waals surface area contributed by atoms with Gasteiger partial charge in [0.15, 0.2) is 5.82 Å². The molecule has 0 saturated heterocycles. The van der Waals surface area contributed by atoms with Crippen molar-refractivity contribution >= 4 is 27.8 Å². The Bertz CT molecular complexity index is 1200. The van der Waals surface area contributed by atoms with Gasteiger partial charge in [-0.2, -0.15) is 5.26 Å². The Hall–Kier alpha value is -3.43. The number of aromatic nitrogens is 3. The molecule has 2 heterocycles. The van der Waals surface area contributed by atoms with Gasteiger partial charge in [0.05, 0.1) is 47.7 Å². The number of anilines is 1. The second-order valence-corrected chi connectivity index (χ2v) is 7.40. The third kappa shape index (κ3) is 3.28. The minimum absolute atomic E-state index is 0.369. The molecule has 2 aromatic carbocycles. The number of nitriles is 1. The van der Waals surface area contributed by atoms with E-state index in [1.165, 1.54) is 0 Å². The number of benzene rings is 2. The van der Waals surface area contributed by atoms with Crippen LogP contribution in [0.3, 0.4) is 0 Å². The number of rotatable bonds is 5. The molecule has 4 rings (SSSR count). The van der Waals surface area contributed by atoms with Gasteiger partial charge in [0.2, 0.25) is 0 Å². The average Bonchev–Trinajstić information content (AvgIpc) is 3.11. The van der Waals surface area contributed by atoms with E-state index in [1.54, 1.807) is 12.4 Å². The molecule has 0 bridgehead atoms. The smallest absolute Gasteiger partial charge is 0.152 e. The number of nitrogens with zero attached hydrogens (tertiary/aromatic N) is 4. The molecular formula is C22H21N5O. The lowest BCUT2D eigenvalue weighted by molar-refractivity contribution is -0.0401. The first-order valence-corrected chi connectivity index (χ1v) is 9.09. The van der Waals surface area contributed by atoms with Gasteiger partial charge in [-0.3, -0.25) is 0 Å². The topological polar surface area (TPSA) is 89.8 Å². The average molecular weight is 371 g/mol. The number of nitrogen functional groups attached to an aromatic ring is 1. The normalized spacial score (nSPS) is 11.8. The SMILES string of the molecule is CC(C)(Cn1cnc2c(N)nc3ccccc3c21)OCc1ccccc1C#N. The van der Waals surface area contributed by atoms with Crippen LogP contribution in [0.1, 0.15) is 25.0 Å². The van der Waals surface area contributed by atoms with Gasteiger partial charge < -0.3 is 15.0 Å². The number of nitrogens with two attached hydrogens (primary N) is 1. The second kappa shape index (κ2) is 6.95. The van der Waals surface area contributed by atoms with E-state index in [9.17, 15) is 5.26 Å². The van der Waals surface area contributed by atoms with Crippen LogP contribution in [0.25, 0.3) is 21.9 Å². The molecule has 0 atom stereocenters. The lowest BCUT2D eigenvalue weighted by atomic mass is 10.1. The Morgan fingerprint density at radius 2 is 1.89 bits per heavy atom. The number of ether oxygens (including phenoxy) is 1. The lowest BCUT2D eigenvalue weighted by Gasteiger charge is -2.26. The highest BCUT2D eigenvalue weighted by atomic mass is 16.5. The van der Waals surface area contributed by atoms with Crippen molar-refractivity contribution in [1.29, 1.82) is 5.26 Å². The van der Waals surface area contributed by atoms with Crippen molar-refractivity contribution in [2.75, 3.05) is 5.73 Å². The Morgan fingerprint density at radius 3 is 2.71 bits per heavy atom. The summed E-state index contributed by atoms with van der Waals surface area (Å²) in [5.41, 5.74) is 9.66. The summed E-state index contributed by atoms with van der Waals surface area (Å²) in [6.45, 7) is 5.01. The number of hydrogen-bond donors (Lipinski definition) is 1. The van der Waals surface area contributed by atoms with Gasteiger partial charge in [0.1, 0.15) is 5.52 Å². The van der Waals surface area contributed by atoms with Gasteiger partial charge in [-0.15, -0.1) is 0 Å². The van der Waals surface area contributed by atoms with Crippen molar-refractivity contribution in [2.45, 2.75) is 32.6 Å². The van der Waals surface area contributed by atoms with Crippen LogP contribution in [-0.4, -0.2) is 20.1 Å². The number of para-hydroxylation sites is 1. The summed E-state index contributed by atoms with van der Waals surface area (Å²) in [5.74, 6) is 0.425. The molecule has 0 radical (unpaired) electrons. The molecule has 28 heavy (non-hydrogen) atoms. The van der Waals surface area contributed by atoms with Gasteiger partial charge in [-0.05, 0) is 31.5 Å². The van der Waals surface area contributed by atoms with Crippen molar-refractivity contribution in [3.05, 3.63) is 66.0 Å². The van der Waals surface area contributed by atoms with Crippen LogP contribution in [-0.2, 0) is 17.9 Å². The van der Waals surface area contributed by atoms with Crippen LogP contribution >= 0.6 is 0 Å². The van der Waals surface area contributed by atoms with E-state index in [0.29, 0.717) is 30.0 Å². The molecule has 0 unspecified atom stereocenters. The monoisotopic (exact) mass is 371 g/mol. The molecule has 2 N–H and O–H groups in total. The Morgan fingerprint density at radius 1 is 1.14 bits per heavy atom. The molecule has 0 aliphatic rings. The first kappa shape index (κ1) is 18.0. The summed E-state index contributed by atoms with van der Waals surface area (Å²) >= 11 is 0. The molecule has 2 aromatic heterocycles. The maximum absolute atomic E-state index is 9.26. The predicted molar refractivity (Wildman–Crippen MR) is 109 cm³/mol. The van der Waals surface area contributed by atoms with Crippen molar-refractivity contribution in [3.63, 3.8) is 0 Å². The van der Waals surface area contributed by atoms with Crippen LogP contribution in [0.2, 0.25) is 0 Å². The number of hydrogen-bond acceptors (Lipinski definition) is 5. The zero-order valence-electron chi connectivity index (χ0n) is 15.9. The van der Waals surface area contributed by atoms with E-state index in [1.807, 2.05) is 56.3 Å². The summed E-state index contributed by atoms with van der Waals surface area (Å²) in [6.07, 6.45) is 1.78. The summed E-state index contributed by atoms with van der Waals surface area (Å²) in [7, 11) is 0. The number of fused-ring (bicyclic) bond motifs is 3. The highest BCUT2D eigenvalue weighted by Gasteiger charge is 2.22. The lowest BCUT2D eigenvalue weighted by Crippen LogP contribution is -2.30. The number of pyridine rings is 1. The van der Waals surface area contributed by atoms with Gasteiger partial charge in [0, 0.05) is 5.39 Å². The number of imidazole rings is 1. The van der Waals surface area contributed by atoms with Crippen molar-refractivity contribution in [3.8, 4) is 6.07 Å². The van der Waals surface area contributed by atoms with Crippen molar-refractivity contribution in [1.82, 2.24) is 14.5 Å². The van der Waals surface area contributed by atoms with Crippen LogP contribution in [0.15, 0.2) is 54.9 Å². The van der Waals surface area contributed by atoms with Crippen LogP contribution in [0.5, 0.6) is 0 Å².